The third kappa shape index (κ3) is 1.12. The van der Waals surface area contributed by atoms with E-state index in [1.807, 2.05) is 0 Å². The molecule has 1 rings (SSSR count). The summed E-state index contributed by atoms with van der Waals surface area (Å²) in [5.74, 6) is 0. The topological polar surface area (TPSA) is 53.0 Å². The zero-order valence-corrected chi connectivity index (χ0v) is 5.37. The molecule has 0 aliphatic heterocycles. The van der Waals surface area contributed by atoms with Gasteiger partial charge in [-0.05, 0) is 28.7 Å². The first-order chi connectivity index (χ1) is 3.80. The highest BCUT2D eigenvalue weighted by Crippen LogP contribution is 2.01. The van der Waals surface area contributed by atoms with Gasteiger partial charge in [0.2, 0.25) is 0 Å². The van der Waals surface area contributed by atoms with E-state index in [4.69, 9.17) is 0 Å². The largest absolute Gasteiger partial charge is 0.767 e. The van der Waals surface area contributed by atoms with Crippen molar-refractivity contribution in [1.82, 2.24) is 4.37 Å². The van der Waals surface area contributed by atoms with E-state index in [9.17, 15) is 8.76 Å². The smallest absolute Gasteiger partial charge is 0.127 e. The molecule has 0 N–H and O–H groups in total. The summed E-state index contributed by atoms with van der Waals surface area (Å²) in [6.07, 6.45) is 0. The molecule has 1 aromatic heterocycles. The fourth-order valence-electron chi connectivity index (χ4n) is 0.287. The molecule has 0 spiro atoms. The van der Waals surface area contributed by atoms with Crippen LogP contribution in [-0.4, -0.2) is 13.1 Å². The second-order valence-corrected chi connectivity index (χ2v) is 2.63. The quantitative estimate of drug-likeness (QED) is 0.541. The Labute approximate surface area is 52.8 Å². The van der Waals surface area contributed by atoms with Crippen LogP contribution in [0.3, 0.4) is 0 Å². The standard InChI is InChI=1S/C3H3NO2S2/c5-8(6)3-1-2-7-4-3/h1-2H,(H,5,6)/p-1. The summed E-state index contributed by atoms with van der Waals surface area (Å²) in [7, 11) is 0. The van der Waals surface area contributed by atoms with E-state index in [2.05, 4.69) is 4.37 Å². The molecule has 0 saturated carbocycles. The molecule has 0 saturated heterocycles. The lowest BCUT2D eigenvalue weighted by Crippen LogP contribution is -1.85. The normalized spacial score (nSPS) is 13.6. The highest BCUT2D eigenvalue weighted by molar-refractivity contribution is 7.79. The maximum absolute atomic E-state index is 10.0. The maximum Gasteiger partial charge on any atom is 0.127 e. The lowest BCUT2D eigenvalue weighted by molar-refractivity contribution is 0.534. The van der Waals surface area contributed by atoms with Gasteiger partial charge in [0.05, 0.1) is 0 Å². The molecule has 1 aromatic rings. The zero-order chi connectivity index (χ0) is 5.98. The van der Waals surface area contributed by atoms with Crippen LogP contribution in [-0.2, 0) is 11.1 Å². The molecule has 0 fully saturated rings. The van der Waals surface area contributed by atoms with Gasteiger partial charge in [-0.15, -0.1) is 0 Å². The average Bonchev–Trinajstić information content (AvgIpc) is 2.12. The lowest BCUT2D eigenvalue weighted by Gasteiger charge is -1.95. The van der Waals surface area contributed by atoms with Crippen molar-refractivity contribution in [2.24, 2.45) is 0 Å². The fraction of sp³-hybridized carbons (Fsp3) is 0. The molecule has 0 amide bonds. The van der Waals surface area contributed by atoms with Gasteiger partial charge >= 0.3 is 0 Å². The van der Waals surface area contributed by atoms with E-state index >= 15 is 0 Å². The third-order valence-corrected chi connectivity index (χ3v) is 1.83. The molecule has 1 atom stereocenters. The first-order valence-electron chi connectivity index (χ1n) is 1.80. The van der Waals surface area contributed by atoms with Gasteiger partial charge in [0.1, 0.15) is 5.03 Å². The Balaban J connectivity index is 2.93. The molecular weight excluding hydrogens is 146 g/mol. The van der Waals surface area contributed by atoms with Gasteiger partial charge < -0.3 is 4.55 Å². The van der Waals surface area contributed by atoms with Crippen LogP contribution in [0.25, 0.3) is 0 Å². The van der Waals surface area contributed by atoms with Crippen molar-refractivity contribution in [3.63, 3.8) is 0 Å². The average molecular weight is 148 g/mol. The maximum atomic E-state index is 10.0. The van der Waals surface area contributed by atoms with E-state index in [-0.39, 0.29) is 5.03 Å². The van der Waals surface area contributed by atoms with Gasteiger partial charge in [0, 0.05) is 5.38 Å². The van der Waals surface area contributed by atoms with Crippen molar-refractivity contribution in [2.45, 2.75) is 5.03 Å². The van der Waals surface area contributed by atoms with Crippen LogP contribution < -0.4 is 0 Å². The number of hydrogen-bond acceptors (Lipinski definition) is 4. The van der Waals surface area contributed by atoms with E-state index in [1.165, 1.54) is 6.07 Å². The monoisotopic (exact) mass is 148 g/mol. The van der Waals surface area contributed by atoms with E-state index < -0.39 is 11.1 Å². The predicted molar refractivity (Wildman–Crippen MR) is 29.3 cm³/mol. The van der Waals surface area contributed by atoms with Crippen molar-refractivity contribution in [3.05, 3.63) is 11.4 Å². The van der Waals surface area contributed by atoms with Gasteiger partial charge in [-0.3, -0.25) is 4.21 Å². The van der Waals surface area contributed by atoms with Crippen LogP contribution in [0.2, 0.25) is 0 Å². The Morgan fingerprint density at radius 3 is 2.88 bits per heavy atom. The van der Waals surface area contributed by atoms with Crippen LogP contribution in [0.4, 0.5) is 0 Å². The molecular formula is C3H2NO2S2-. The third-order valence-electron chi connectivity index (χ3n) is 0.585. The summed E-state index contributed by atoms with van der Waals surface area (Å²) in [5.41, 5.74) is 0. The van der Waals surface area contributed by atoms with E-state index in [1.54, 1.807) is 5.38 Å². The summed E-state index contributed by atoms with van der Waals surface area (Å²) >= 11 is -1.02. The molecule has 8 heavy (non-hydrogen) atoms. The minimum absolute atomic E-state index is 0.120. The molecule has 0 radical (unpaired) electrons. The zero-order valence-electron chi connectivity index (χ0n) is 3.73. The Kier molecular flexibility index (Phi) is 1.72. The van der Waals surface area contributed by atoms with Gasteiger partial charge in [0.25, 0.3) is 0 Å². The molecule has 0 aliphatic rings. The van der Waals surface area contributed by atoms with E-state index in [0.717, 1.165) is 11.5 Å². The first-order valence-corrected chi connectivity index (χ1v) is 3.71. The number of nitrogens with zero attached hydrogens (tertiary/aromatic N) is 1. The van der Waals surface area contributed by atoms with Crippen LogP contribution in [0.15, 0.2) is 16.5 Å². The summed E-state index contributed by atoms with van der Waals surface area (Å²) < 4.78 is 23.6. The van der Waals surface area contributed by atoms with Gasteiger partial charge in [-0.25, -0.2) is 0 Å². The fourth-order valence-corrected chi connectivity index (χ4v) is 1.34. The highest BCUT2D eigenvalue weighted by atomic mass is 32.2. The van der Waals surface area contributed by atoms with Crippen molar-refractivity contribution in [3.8, 4) is 0 Å². The van der Waals surface area contributed by atoms with Gasteiger partial charge in [0.15, 0.2) is 0 Å². The van der Waals surface area contributed by atoms with Crippen molar-refractivity contribution in [2.75, 3.05) is 0 Å². The SMILES string of the molecule is O=S([O-])c1ccsn1. The molecule has 3 nitrogen and oxygen atoms in total. The molecule has 0 bridgehead atoms. The van der Waals surface area contributed by atoms with Crippen LogP contribution in [0.5, 0.6) is 0 Å². The summed E-state index contributed by atoms with van der Waals surface area (Å²) in [4.78, 5) is 0. The molecule has 5 heteroatoms. The Morgan fingerprint density at radius 2 is 2.62 bits per heavy atom. The number of hydrogen-bond donors (Lipinski definition) is 0. The molecule has 1 heterocycles. The van der Waals surface area contributed by atoms with Crippen LogP contribution >= 0.6 is 11.5 Å². The Morgan fingerprint density at radius 1 is 1.88 bits per heavy atom. The van der Waals surface area contributed by atoms with Gasteiger partial charge in [-0.2, -0.15) is 4.37 Å². The van der Waals surface area contributed by atoms with Gasteiger partial charge in [-0.1, -0.05) is 0 Å². The lowest BCUT2D eigenvalue weighted by atomic mass is 10.8. The number of rotatable bonds is 1. The molecule has 0 aliphatic carbocycles. The van der Waals surface area contributed by atoms with Crippen molar-refractivity contribution >= 4 is 22.6 Å². The summed E-state index contributed by atoms with van der Waals surface area (Å²) in [6.45, 7) is 0. The van der Waals surface area contributed by atoms with Crippen molar-refractivity contribution in [1.29, 1.82) is 0 Å². The molecule has 44 valence electrons. The minimum atomic E-state index is -2.15. The Bertz CT molecular complexity index is 183. The predicted octanol–water partition coefficient (Wildman–Crippen LogP) is 0.381. The first kappa shape index (κ1) is 5.87. The minimum Gasteiger partial charge on any atom is -0.767 e. The molecule has 0 aromatic carbocycles. The molecule has 1 unspecified atom stereocenters. The summed E-state index contributed by atoms with van der Waals surface area (Å²) in [5, 5.41) is 1.74. The summed E-state index contributed by atoms with van der Waals surface area (Å²) in [6, 6.07) is 1.45. The Hall–Kier alpha value is -0.260. The van der Waals surface area contributed by atoms with Crippen LogP contribution in [0.1, 0.15) is 0 Å². The second kappa shape index (κ2) is 2.34. The van der Waals surface area contributed by atoms with E-state index in [0.29, 0.717) is 0 Å². The van der Waals surface area contributed by atoms with Crippen LogP contribution in [0, 0.1) is 0 Å². The second-order valence-electron chi connectivity index (χ2n) is 1.07. The highest BCUT2D eigenvalue weighted by Gasteiger charge is 1.89. The van der Waals surface area contributed by atoms with Crippen molar-refractivity contribution < 1.29 is 8.76 Å². The number of aromatic nitrogens is 1.